The van der Waals surface area contributed by atoms with Crippen LogP contribution >= 0.6 is 0 Å². The Morgan fingerprint density at radius 3 is 2.26 bits per heavy atom. The minimum atomic E-state index is -0.725. The number of aliphatic hydroxyl groups is 1. The van der Waals surface area contributed by atoms with Crippen molar-refractivity contribution in [1.82, 2.24) is 19.7 Å². The van der Waals surface area contributed by atoms with Gasteiger partial charge in [0.05, 0.1) is 23.6 Å². The summed E-state index contributed by atoms with van der Waals surface area (Å²) < 4.78 is 12.6. The van der Waals surface area contributed by atoms with Gasteiger partial charge < -0.3 is 19.5 Å². The summed E-state index contributed by atoms with van der Waals surface area (Å²) in [6.07, 6.45) is 5.01. The Labute approximate surface area is 290 Å². The van der Waals surface area contributed by atoms with Crippen LogP contribution in [0.4, 0.5) is 0 Å². The Kier molecular flexibility index (Phi) is 11.1. The van der Waals surface area contributed by atoms with Crippen LogP contribution in [0.1, 0.15) is 68.6 Å². The van der Waals surface area contributed by atoms with Crippen molar-refractivity contribution in [3.63, 3.8) is 0 Å². The zero-order valence-electron chi connectivity index (χ0n) is 26.6. The molecule has 6 rings (SSSR count). The van der Waals surface area contributed by atoms with Crippen molar-refractivity contribution in [2.75, 3.05) is 0 Å². The van der Waals surface area contributed by atoms with Gasteiger partial charge in [-0.1, -0.05) is 68.8 Å². The fourth-order valence-electron chi connectivity index (χ4n) is 6.06. The number of benzene rings is 3. The second kappa shape index (κ2) is 15.2. The third kappa shape index (κ3) is 7.44. The van der Waals surface area contributed by atoms with Gasteiger partial charge in [-0.25, -0.2) is 9.97 Å². The van der Waals surface area contributed by atoms with Gasteiger partial charge in [0, 0.05) is 24.0 Å². The standard InChI is InChI=1S/C36H38N4O5.Na/c1-3-7-32-31(22-23-10-12-24(13-11-23)29-8-5-6-9-30(29)34-38-36(43)45-39-34)35(42)40(33(4-2)37-32)25-14-18-27(19-15-25)44-28-20-16-26(41)17-21-28;/h5-6,8-15,18-19,26,28,41H,3-4,7,16-17,20-22H2,1-2H3,(H,38,39,43);/q;+1/p-1. The Bertz CT molecular complexity index is 1810. The first-order chi connectivity index (χ1) is 21.9. The van der Waals surface area contributed by atoms with Gasteiger partial charge in [0.2, 0.25) is 0 Å². The second-order valence-electron chi connectivity index (χ2n) is 11.5. The van der Waals surface area contributed by atoms with Gasteiger partial charge in [0.15, 0.2) is 11.9 Å². The molecule has 1 aliphatic rings. The summed E-state index contributed by atoms with van der Waals surface area (Å²) in [6, 6.07) is 23.3. The zero-order valence-corrected chi connectivity index (χ0v) is 28.6. The topological polar surface area (TPSA) is 126 Å². The van der Waals surface area contributed by atoms with Gasteiger partial charge in [-0.15, -0.1) is 0 Å². The Balaban J connectivity index is 0.00000417. The fraction of sp³-hybridized carbons (Fsp3) is 0.333. The molecule has 10 heteroatoms. The third-order valence-corrected chi connectivity index (χ3v) is 8.40. The molecule has 0 atom stereocenters. The van der Waals surface area contributed by atoms with Crippen LogP contribution in [-0.4, -0.2) is 37.0 Å². The average Bonchev–Trinajstić information content (AvgIpc) is 3.50. The van der Waals surface area contributed by atoms with Crippen LogP contribution in [0, 0.1) is 0 Å². The summed E-state index contributed by atoms with van der Waals surface area (Å²) >= 11 is 0. The molecule has 2 aromatic heterocycles. The number of ether oxygens (including phenoxy) is 1. The molecule has 2 heterocycles. The molecule has 0 saturated heterocycles. The molecule has 3 aromatic carbocycles. The van der Waals surface area contributed by atoms with Crippen molar-refractivity contribution >= 4 is 0 Å². The molecular weight excluding hydrogens is 591 g/mol. The SMILES string of the molecule is CCCc1nc(CC)n(-c2ccc(OC3CCC(O)CC3)cc2)c(=O)c1Cc1ccc(-c2ccccc2-c2noc([O-])n2)cc1.[Na+]. The van der Waals surface area contributed by atoms with E-state index in [2.05, 4.69) is 21.6 Å². The summed E-state index contributed by atoms with van der Waals surface area (Å²) in [6.45, 7) is 4.12. The van der Waals surface area contributed by atoms with Crippen LogP contribution in [0.15, 0.2) is 82.1 Å². The van der Waals surface area contributed by atoms with Gasteiger partial charge >= 0.3 is 29.6 Å². The number of hydrogen-bond acceptors (Lipinski definition) is 8. The fourth-order valence-corrected chi connectivity index (χ4v) is 6.06. The largest absolute Gasteiger partial charge is 1.00 e. The van der Waals surface area contributed by atoms with Gasteiger partial charge in [-0.05, 0) is 73.1 Å². The van der Waals surface area contributed by atoms with E-state index in [9.17, 15) is 15.0 Å². The summed E-state index contributed by atoms with van der Waals surface area (Å²) in [5.41, 5.74) is 5.75. The van der Waals surface area contributed by atoms with Gasteiger partial charge in [-0.3, -0.25) is 9.36 Å². The molecule has 0 bridgehead atoms. The summed E-state index contributed by atoms with van der Waals surface area (Å²) in [7, 11) is 0. The molecule has 0 spiro atoms. The molecular formula is C36H37N4NaO5. The molecule has 0 unspecified atom stereocenters. The number of rotatable bonds is 10. The summed E-state index contributed by atoms with van der Waals surface area (Å²) in [4.78, 5) is 23.1. The van der Waals surface area contributed by atoms with E-state index in [4.69, 9.17) is 9.72 Å². The smallest absolute Gasteiger partial charge is 0.528 e. The maximum atomic E-state index is 14.2. The predicted octanol–water partition coefficient (Wildman–Crippen LogP) is 2.82. The predicted molar refractivity (Wildman–Crippen MR) is 170 cm³/mol. The normalized spacial score (nSPS) is 16.2. The number of aryl methyl sites for hydroxylation is 2. The van der Waals surface area contributed by atoms with E-state index < -0.39 is 6.08 Å². The van der Waals surface area contributed by atoms with Crippen molar-refractivity contribution in [3.05, 3.63) is 106 Å². The van der Waals surface area contributed by atoms with Gasteiger partial charge in [0.25, 0.3) is 5.56 Å². The van der Waals surface area contributed by atoms with Crippen molar-refractivity contribution in [1.29, 1.82) is 0 Å². The molecule has 0 aliphatic heterocycles. The molecule has 1 fully saturated rings. The maximum absolute atomic E-state index is 14.2. The minimum absolute atomic E-state index is 0. The van der Waals surface area contributed by atoms with Crippen LogP contribution in [0.2, 0.25) is 0 Å². The number of hydrogen-bond donors (Lipinski definition) is 1. The third-order valence-electron chi connectivity index (χ3n) is 8.40. The number of aliphatic hydroxyl groups excluding tert-OH is 1. The van der Waals surface area contributed by atoms with Gasteiger partial charge in [0.1, 0.15) is 11.6 Å². The van der Waals surface area contributed by atoms with E-state index in [0.29, 0.717) is 24.0 Å². The molecule has 0 radical (unpaired) electrons. The first-order valence-electron chi connectivity index (χ1n) is 15.7. The van der Waals surface area contributed by atoms with E-state index in [1.165, 1.54) is 0 Å². The second-order valence-corrected chi connectivity index (χ2v) is 11.5. The maximum Gasteiger partial charge on any atom is 1.00 e. The van der Waals surface area contributed by atoms with Crippen LogP contribution in [0.25, 0.3) is 28.2 Å². The Hall–Kier alpha value is -3.76. The van der Waals surface area contributed by atoms with Crippen molar-refractivity contribution in [2.45, 2.75) is 77.4 Å². The van der Waals surface area contributed by atoms with Crippen LogP contribution in [0.5, 0.6) is 11.8 Å². The first kappa shape index (κ1) is 33.6. The average molecular weight is 629 g/mol. The van der Waals surface area contributed by atoms with Crippen LogP contribution < -0.4 is 45.0 Å². The molecule has 46 heavy (non-hydrogen) atoms. The van der Waals surface area contributed by atoms with Crippen molar-refractivity contribution in [3.8, 4) is 40.0 Å². The van der Waals surface area contributed by atoms with Crippen LogP contribution in [0.3, 0.4) is 0 Å². The van der Waals surface area contributed by atoms with Crippen molar-refractivity contribution in [2.24, 2.45) is 0 Å². The van der Waals surface area contributed by atoms with Crippen LogP contribution in [-0.2, 0) is 19.3 Å². The minimum Gasteiger partial charge on any atom is -0.528 e. The summed E-state index contributed by atoms with van der Waals surface area (Å²) in [5.74, 6) is 1.74. The molecule has 232 valence electrons. The van der Waals surface area contributed by atoms with E-state index in [1.54, 1.807) is 4.57 Å². The van der Waals surface area contributed by atoms with E-state index in [0.717, 1.165) is 78.2 Å². The molecule has 9 nitrogen and oxygen atoms in total. The molecule has 1 saturated carbocycles. The quantitative estimate of drug-likeness (QED) is 0.234. The van der Waals surface area contributed by atoms with E-state index >= 15 is 0 Å². The van der Waals surface area contributed by atoms with E-state index in [-0.39, 0.29) is 53.1 Å². The molecule has 1 N–H and O–H groups in total. The van der Waals surface area contributed by atoms with Crippen molar-refractivity contribution < 1.29 is 49.0 Å². The molecule has 5 aromatic rings. The first-order valence-corrected chi connectivity index (χ1v) is 15.7. The Morgan fingerprint density at radius 1 is 0.935 bits per heavy atom. The van der Waals surface area contributed by atoms with E-state index in [1.807, 2.05) is 79.7 Å². The number of nitrogens with zero attached hydrogens (tertiary/aromatic N) is 4. The molecule has 1 aliphatic carbocycles. The zero-order chi connectivity index (χ0) is 31.3. The van der Waals surface area contributed by atoms with Gasteiger partial charge in [-0.2, -0.15) is 5.16 Å². The number of aromatic nitrogens is 4. The molecule has 0 amide bonds. The Morgan fingerprint density at radius 2 is 1.63 bits per heavy atom. The monoisotopic (exact) mass is 628 g/mol. The summed E-state index contributed by atoms with van der Waals surface area (Å²) in [5, 5.41) is 25.1.